The summed E-state index contributed by atoms with van der Waals surface area (Å²) >= 11 is 12.9. The average molecular weight is 565 g/mol. The minimum Gasteiger partial charge on any atom is -0.489 e. The maximum atomic E-state index is 15.2. The Hall–Kier alpha value is -4.14. The summed E-state index contributed by atoms with van der Waals surface area (Å²) in [6.45, 7) is 0.166. The second kappa shape index (κ2) is 10.2. The van der Waals surface area contributed by atoms with Gasteiger partial charge < -0.3 is 19.1 Å². The molecule has 0 radical (unpaired) electrons. The summed E-state index contributed by atoms with van der Waals surface area (Å²) in [7, 11) is 0. The van der Waals surface area contributed by atoms with Gasteiger partial charge in [0.25, 0.3) is 0 Å². The number of carboxylic acids is 1. The Labute approximate surface area is 231 Å². The van der Waals surface area contributed by atoms with E-state index < -0.39 is 11.8 Å². The summed E-state index contributed by atoms with van der Waals surface area (Å²) in [5.74, 6) is -0.0702. The Balaban J connectivity index is 1.25. The number of carboxylic acid groups (broad SMARTS) is 1. The van der Waals surface area contributed by atoms with Crippen LogP contribution in [-0.2, 0) is 6.61 Å². The van der Waals surface area contributed by atoms with Gasteiger partial charge in [-0.05, 0) is 60.7 Å². The van der Waals surface area contributed by atoms with Crippen molar-refractivity contribution in [2.75, 3.05) is 0 Å². The predicted octanol–water partition coefficient (Wildman–Crippen LogP) is 8.28. The van der Waals surface area contributed by atoms with E-state index in [2.05, 4.69) is 10.1 Å². The summed E-state index contributed by atoms with van der Waals surface area (Å²) in [5.41, 5.74) is 1.93. The molecular weight excluding hydrogens is 546 g/mol. The standard InChI is InChI=1S/C29H19Cl2FN2O5/c30-21-2-1-3-22(31)25(21)27-20(28(39-34-27)15-4-5-15)14-37-18-8-9-19-16(12-18)6-10-23(26(19)32)38-24-11-7-17(13-33-24)29(35)36/h1-3,6-13,15H,4-5,14H2,(H,35,36). The Morgan fingerprint density at radius 3 is 2.56 bits per heavy atom. The first-order valence-corrected chi connectivity index (χ1v) is 12.8. The number of pyridine rings is 1. The van der Waals surface area contributed by atoms with Gasteiger partial charge in [0.1, 0.15) is 23.8 Å². The van der Waals surface area contributed by atoms with Crippen molar-refractivity contribution in [2.24, 2.45) is 0 Å². The number of aromatic carboxylic acids is 1. The zero-order valence-electron chi connectivity index (χ0n) is 20.2. The largest absolute Gasteiger partial charge is 0.489 e. The van der Waals surface area contributed by atoms with Gasteiger partial charge in [-0.25, -0.2) is 14.2 Å². The van der Waals surface area contributed by atoms with E-state index in [0.29, 0.717) is 37.8 Å². The number of hydrogen-bond acceptors (Lipinski definition) is 6. The van der Waals surface area contributed by atoms with Crippen molar-refractivity contribution in [3.63, 3.8) is 0 Å². The van der Waals surface area contributed by atoms with E-state index in [-0.39, 0.29) is 29.7 Å². The quantitative estimate of drug-likeness (QED) is 0.202. The van der Waals surface area contributed by atoms with Gasteiger partial charge >= 0.3 is 5.97 Å². The van der Waals surface area contributed by atoms with Gasteiger partial charge in [0.2, 0.25) is 5.88 Å². The molecule has 1 N–H and O–H groups in total. The van der Waals surface area contributed by atoms with Crippen LogP contribution in [0, 0.1) is 5.82 Å². The number of rotatable bonds is 8. The summed E-state index contributed by atoms with van der Waals surface area (Å²) in [6.07, 6.45) is 3.17. The van der Waals surface area contributed by atoms with Crippen LogP contribution >= 0.6 is 23.2 Å². The molecule has 1 fully saturated rings. The van der Waals surface area contributed by atoms with Gasteiger partial charge in [0.15, 0.2) is 11.6 Å². The molecule has 1 aliphatic rings. The van der Waals surface area contributed by atoms with Crippen LogP contribution in [0.25, 0.3) is 22.0 Å². The lowest BCUT2D eigenvalue weighted by molar-refractivity contribution is 0.0696. The number of carbonyl (C=O) groups is 1. The van der Waals surface area contributed by atoms with Crippen LogP contribution in [0.2, 0.25) is 10.0 Å². The number of benzene rings is 3. The molecule has 0 spiro atoms. The summed E-state index contributed by atoms with van der Waals surface area (Å²) in [6, 6.07) is 16.2. The molecule has 0 saturated heterocycles. The van der Waals surface area contributed by atoms with Crippen molar-refractivity contribution in [3.05, 3.63) is 99.6 Å². The molecule has 0 atom stereocenters. The Morgan fingerprint density at radius 1 is 1.08 bits per heavy atom. The van der Waals surface area contributed by atoms with Crippen LogP contribution in [0.4, 0.5) is 4.39 Å². The molecule has 0 unspecified atom stereocenters. The van der Waals surface area contributed by atoms with Crippen LogP contribution in [0.15, 0.2) is 71.4 Å². The highest BCUT2D eigenvalue weighted by molar-refractivity contribution is 6.39. The van der Waals surface area contributed by atoms with Crippen LogP contribution < -0.4 is 9.47 Å². The number of hydrogen-bond donors (Lipinski definition) is 1. The third-order valence-corrected chi connectivity index (χ3v) is 7.07. The minimum absolute atomic E-state index is 0.00593. The van der Waals surface area contributed by atoms with Crippen molar-refractivity contribution in [2.45, 2.75) is 25.4 Å². The van der Waals surface area contributed by atoms with Crippen LogP contribution in [0.1, 0.15) is 40.4 Å². The summed E-state index contributed by atoms with van der Waals surface area (Å²) in [5, 5.41) is 15.1. The van der Waals surface area contributed by atoms with Crippen molar-refractivity contribution >= 4 is 39.9 Å². The van der Waals surface area contributed by atoms with Crippen LogP contribution in [-0.4, -0.2) is 21.2 Å². The first-order chi connectivity index (χ1) is 18.9. The molecule has 0 bridgehead atoms. The lowest BCUT2D eigenvalue weighted by atomic mass is 10.0. The number of fused-ring (bicyclic) bond motifs is 1. The van der Waals surface area contributed by atoms with Crippen molar-refractivity contribution in [1.82, 2.24) is 10.1 Å². The third kappa shape index (κ3) is 5.01. The SMILES string of the molecule is O=C(O)c1ccc(Oc2ccc3cc(OCc4c(-c5c(Cl)cccc5Cl)noc4C4CC4)ccc3c2F)nc1. The van der Waals surface area contributed by atoms with E-state index >= 15 is 4.39 Å². The fourth-order valence-electron chi connectivity index (χ4n) is 4.30. The molecule has 0 aliphatic heterocycles. The highest BCUT2D eigenvalue weighted by Crippen LogP contribution is 2.46. The summed E-state index contributed by atoms with van der Waals surface area (Å²) in [4.78, 5) is 14.9. The lowest BCUT2D eigenvalue weighted by Crippen LogP contribution is -2.00. The zero-order valence-corrected chi connectivity index (χ0v) is 21.7. The lowest BCUT2D eigenvalue weighted by Gasteiger charge is -2.11. The fourth-order valence-corrected chi connectivity index (χ4v) is 4.88. The number of nitrogens with zero attached hydrogens (tertiary/aromatic N) is 2. The molecule has 5 aromatic rings. The zero-order chi connectivity index (χ0) is 27.1. The topological polar surface area (TPSA) is 94.7 Å². The monoisotopic (exact) mass is 564 g/mol. The van der Waals surface area contributed by atoms with Crippen LogP contribution in [0.5, 0.6) is 17.4 Å². The minimum atomic E-state index is -1.11. The van der Waals surface area contributed by atoms with E-state index in [0.717, 1.165) is 30.4 Å². The van der Waals surface area contributed by atoms with Crippen molar-refractivity contribution in [3.8, 4) is 28.6 Å². The predicted molar refractivity (Wildman–Crippen MR) is 143 cm³/mol. The Kier molecular flexibility index (Phi) is 6.58. The molecule has 0 amide bonds. The fraction of sp³-hybridized carbons (Fsp3) is 0.138. The normalized spacial score (nSPS) is 13.0. The van der Waals surface area contributed by atoms with Crippen LogP contribution in [0.3, 0.4) is 0 Å². The molecule has 2 aromatic heterocycles. The maximum Gasteiger partial charge on any atom is 0.337 e. The molecule has 39 heavy (non-hydrogen) atoms. The molecule has 1 aliphatic carbocycles. The van der Waals surface area contributed by atoms with E-state index in [1.165, 1.54) is 18.2 Å². The number of halogens is 3. The molecule has 10 heteroatoms. The molecule has 1 saturated carbocycles. The maximum absolute atomic E-state index is 15.2. The van der Waals surface area contributed by atoms with Gasteiger partial charge in [0.05, 0.1) is 21.2 Å². The highest BCUT2D eigenvalue weighted by Gasteiger charge is 2.33. The first kappa shape index (κ1) is 25.2. The van der Waals surface area contributed by atoms with E-state index in [1.54, 1.807) is 42.5 Å². The first-order valence-electron chi connectivity index (χ1n) is 12.0. The van der Waals surface area contributed by atoms with Crippen molar-refractivity contribution in [1.29, 1.82) is 0 Å². The smallest absolute Gasteiger partial charge is 0.337 e. The number of aromatic nitrogens is 2. The Morgan fingerprint density at radius 2 is 1.87 bits per heavy atom. The van der Waals surface area contributed by atoms with E-state index in [9.17, 15) is 4.79 Å². The Bertz CT molecular complexity index is 1700. The third-order valence-electron chi connectivity index (χ3n) is 6.44. The van der Waals surface area contributed by atoms with Gasteiger partial charge in [-0.15, -0.1) is 0 Å². The summed E-state index contributed by atoms with van der Waals surface area (Å²) < 4.78 is 32.6. The molecular formula is C29H19Cl2FN2O5. The van der Waals surface area contributed by atoms with Gasteiger partial charge in [-0.1, -0.05) is 40.5 Å². The second-order valence-electron chi connectivity index (χ2n) is 9.09. The van der Waals surface area contributed by atoms with Gasteiger partial charge in [-0.2, -0.15) is 0 Å². The molecule has 196 valence electrons. The molecule has 2 heterocycles. The molecule has 7 nitrogen and oxygen atoms in total. The van der Waals surface area contributed by atoms with Gasteiger partial charge in [-0.3, -0.25) is 0 Å². The second-order valence-corrected chi connectivity index (χ2v) is 9.90. The number of ether oxygens (including phenoxy) is 2. The van der Waals surface area contributed by atoms with E-state index in [1.807, 2.05) is 0 Å². The molecule has 6 rings (SSSR count). The van der Waals surface area contributed by atoms with Gasteiger partial charge in [0, 0.05) is 29.1 Å². The molecule has 3 aromatic carbocycles. The average Bonchev–Trinajstić information content (AvgIpc) is 3.69. The van der Waals surface area contributed by atoms with E-state index in [4.69, 9.17) is 42.3 Å². The van der Waals surface area contributed by atoms with Crippen molar-refractivity contribution < 1.29 is 28.3 Å². The highest BCUT2D eigenvalue weighted by atomic mass is 35.5.